The summed E-state index contributed by atoms with van der Waals surface area (Å²) in [4.78, 5) is 22.8. The summed E-state index contributed by atoms with van der Waals surface area (Å²) in [5.74, 6) is -0.144. The van der Waals surface area contributed by atoms with Gasteiger partial charge in [-0.25, -0.2) is 9.37 Å². The van der Waals surface area contributed by atoms with Crippen molar-refractivity contribution in [2.24, 2.45) is 0 Å². The Labute approximate surface area is 156 Å². The predicted octanol–water partition coefficient (Wildman–Crippen LogP) is 2.63. The van der Waals surface area contributed by atoms with Crippen LogP contribution < -0.4 is 5.73 Å². The molecule has 5 nitrogen and oxygen atoms in total. The van der Waals surface area contributed by atoms with Gasteiger partial charge < -0.3 is 10.6 Å². The molecule has 1 atom stereocenters. The molecule has 1 unspecified atom stereocenters. The van der Waals surface area contributed by atoms with Gasteiger partial charge in [0.25, 0.3) is 0 Å². The number of anilines is 1. The number of aromatic nitrogens is 1. The Kier molecular flexibility index (Phi) is 4.91. The van der Waals surface area contributed by atoms with E-state index in [1.165, 1.54) is 22.3 Å². The highest BCUT2D eigenvalue weighted by molar-refractivity contribution is 7.15. The molecule has 1 aromatic heterocycles. The van der Waals surface area contributed by atoms with Crippen molar-refractivity contribution < 1.29 is 9.18 Å². The van der Waals surface area contributed by atoms with Gasteiger partial charge in [-0.1, -0.05) is 18.2 Å². The lowest BCUT2D eigenvalue weighted by Gasteiger charge is -2.37. The second kappa shape index (κ2) is 7.32. The smallest absolute Gasteiger partial charge is 0.231 e. The van der Waals surface area contributed by atoms with E-state index in [-0.39, 0.29) is 17.6 Å². The number of hydrogen-bond donors (Lipinski definition) is 1. The number of nitrogens with two attached hydrogens (primary N) is 1. The predicted molar refractivity (Wildman–Crippen MR) is 100 cm³/mol. The average molecular weight is 374 g/mol. The zero-order valence-electron chi connectivity index (χ0n) is 14.7. The highest BCUT2D eigenvalue weighted by Gasteiger charge is 2.34. The number of rotatable bonds is 3. The van der Waals surface area contributed by atoms with E-state index < -0.39 is 0 Å². The minimum atomic E-state index is -0.165. The Morgan fingerprint density at radius 2 is 2.04 bits per heavy atom. The molecule has 26 heavy (non-hydrogen) atoms. The fourth-order valence-corrected chi connectivity index (χ4v) is 4.83. The Hall–Kier alpha value is -1.99. The van der Waals surface area contributed by atoms with Crippen LogP contribution in [0.3, 0.4) is 0 Å². The molecule has 1 saturated heterocycles. The lowest BCUT2D eigenvalue weighted by molar-refractivity contribution is -0.135. The molecule has 1 fully saturated rings. The van der Waals surface area contributed by atoms with E-state index in [0.29, 0.717) is 30.3 Å². The van der Waals surface area contributed by atoms with Crippen LogP contribution >= 0.6 is 11.3 Å². The molecule has 7 heteroatoms. The van der Waals surface area contributed by atoms with Crippen LogP contribution in [0, 0.1) is 5.82 Å². The molecule has 2 aliphatic rings. The Balaban J connectivity index is 1.38. The first-order valence-corrected chi connectivity index (χ1v) is 9.93. The van der Waals surface area contributed by atoms with Crippen LogP contribution in [0.5, 0.6) is 0 Å². The van der Waals surface area contributed by atoms with Crippen LogP contribution in [-0.2, 0) is 17.8 Å². The number of nitrogen functional groups attached to an aromatic ring is 1. The van der Waals surface area contributed by atoms with Gasteiger partial charge in [0.1, 0.15) is 5.82 Å². The summed E-state index contributed by atoms with van der Waals surface area (Å²) in [6, 6.07) is 6.88. The molecule has 1 amide bonds. The molecule has 138 valence electrons. The minimum Gasteiger partial charge on any atom is -0.375 e. The number of nitrogens with zero attached hydrogens (tertiary/aromatic N) is 3. The van der Waals surface area contributed by atoms with Crippen LogP contribution in [0.1, 0.15) is 34.9 Å². The van der Waals surface area contributed by atoms with Crippen LogP contribution in [-0.4, -0.2) is 46.9 Å². The Bertz CT molecular complexity index is 801. The molecule has 0 spiro atoms. The van der Waals surface area contributed by atoms with Crippen LogP contribution in [0.2, 0.25) is 0 Å². The van der Waals surface area contributed by atoms with Crippen molar-refractivity contribution in [2.75, 3.05) is 31.9 Å². The molecule has 0 saturated carbocycles. The summed E-state index contributed by atoms with van der Waals surface area (Å²) >= 11 is 1.51. The lowest BCUT2D eigenvalue weighted by atomic mass is 9.89. The molecule has 1 aromatic carbocycles. The molecule has 2 N–H and O–H groups in total. The van der Waals surface area contributed by atoms with Crippen molar-refractivity contribution in [3.05, 3.63) is 46.2 Å². The molecule has 4 rings (SSSR count). The zero-order valence-corrected chi connectivity index (χ0v) is 15.5. The lowest BCUT2D eigenvalue weighted by Crippen LogP contribution is -2.50. The van der Waals surface area contributed by atoms with E-state index in [2.05, 4.69) is 9.88 Å². The van der Waals surface area contributed by atoms with Crippen LogP contribution in [0.4, 0.5) is 9.52 Å². The van der Waals surface area contributed by atoms with E-state index in [4.69, 9.17) is 5.73 Å². The maximum absolute atomic E-state index is 13.8. The molecule has 0 radical (unpaired) electrons. The molecular weight excluding hydrogens is 351 g/mol. The van der Waals surface area contributed by atoms with Gasteiger partial charge in [-0.15, -0.1) is 11.3 Å². The third-order valence-electron chi connectivity index (χ3n) is 5.30. The second-order valence-electron chi connectivity index (χ2n) is 7.00. The number of carbonyl (C=O) groups is 1. The zero-order chi connectivity index (χ0) is 18.1. The number of piperazine rings is 1. The van der Waals surface area contributed by atoms with Crippen molar-refractivity contribution in [1.29, 1.82) is 0 Å². The van der Waals surface area contributed by atoms with E-state index in [1.807, 2.05) is 17.0 Å². The largest absolute Gasteiger partial charge is 0.375 e. The van der Waals surface area contributed by atoms with Gasteiger partial charge in [0.15, 0.2) is 5.13 Å². The first-order chi connectivity index (χ1) is 12.6. The normalized spacial score (nSPS) is 20.8. The minimum absolute atomic E-state index is 0.148. The summed E-state index contributed by atoms with van der Waals surface area (Å²) in [5.41, 5.74) is 7.46. The van der Waals surface area contributed by atoms with E-state index in [1.54, 1.807) is 6.07 Å². The molecule has 0 bridgehead atoms. The maximum Gasteiger partial charge on any atom is 0.231 e. The number of aryl methyl sites for hydroxylation is 1. The van der Waals surface area contributed by atoms with Gasteiger partial charge in [-0.3, -0.25) is 9.69 Å². The van der Waals surface area contributed by atoms with E-state index in [0.717, 1.165) is 38.0 Å². The maximum atomic E-state index is 13.8. The topological polar surface area (TPSA) is 62.5 Å². The number of fused-ring (bicyclic) bond motifs is 1. The van der Waals surface area contributed by atoms with Gasteiger partial charge in [0, 0.05) is 43.2 Å². The first kappa shape index (κ1) is 17.4. The SMILES string of the molecule is Nc1nc2c(s1)CCCC2C(=O)N1CCN(Cc2ccccc2F)CC1. The summed E-state index contributed by atoms with van der Waals surface area (Å²) in [7, 11) is 0. The Morgan fingerprint density at radius 3 is 2.81 bits per heavy atom. The van der Waals surface area contributed by atoms with Crippen LogP contribution in [0.25, 0.3) is 0 Å². The number of carbonyl (C=O) groups excluding carboxylic acids is 1. The van der Waals surface area contributed by atoms with Crippen molar-refractivity contribution in [3.63, 3.8) is 0 Å². The van der Waals surface area contributed by atoms with E-state index in [9.17, 15) is 9.18 Å². The first-order valence-electron chi connectivity index (χ1n) is 9.11. The summed E-state index contributed by atoms with van der Waals surface area (Å²) in [6.07, 6.45) is 2.84. The molecule has 2 aromatic rings. The third-order valence-corrected chi connectivity index (χ3v) is 6.26. The van der Waals surface area contributed by atoms with Crippen molar-refractivity contribution in [2.45, 2.75) is 31.7 Å². The van der Waals surface area contributed by atoms with Crippen LogP contribution in [0.15, 0.2) is 24.3 Å². The summed E-state index contributed by atoms with van der Waals surface area (Å²) in [6.45, 7) is 3.47. The average Bonchev–Trinajstić information content (AvgIpc) is 3.04. The van der Waals surface area contributed by atoms with E-state index >= 15 is 0 Å². The number of amides is 1. The highest BCUT2D eigenvalue weighted by atomic mass is 32.1. The quantitative estimate of drug-likeness (QED) is 0.897. The summed E-state index contributed by atoms with van der Waals surface area (Å²) < 4.78 is 13.8. The molecular formula is C19H23FN4OS. The molecule has 1 aliphatic heterocycles. The highest BCUT2D eigenvalue weighted by Crippen LogP contribution is 2.36. The molecule has 1 aliphatic carbocycles. The fraction of sp³-hybridized carbons (Fsp3) is 0.474. The number of hydrogen-bond acceptors (Lipinski definition) is 5. The standard InChI is InChI=1S/C19H23FN4OS/c20-15-6-2-1-4-13(15)12-23-8-10-24(11-9-23)18(25)14-5-3-7-16-17(14)22-19(21)26-16/h1-2,4,6,14H,3,5,7-12H2,(H2,21,22). The number of thiazole rings is 1. The van der Waals surface area contributed by atoms with Gasteiger partial charge in [-0.2, -0.15) is 0 Å². The monoisotopic (exact) mass is 374 g/mol. The third kappa shape index (κ3) is 3.46. The van der Waals surface area contributed by atoms with Gasteiger partial charge in [-0.05, 0) is 25.3 Å². The van der Waals surface area contributed by atoms with Gasteiger partial charge in [0.2, 0.25) is 5.91 Å². The van der Waals surface area contributed by atoms with Crippen molar-refractivity contribution in [1.82, 2.24) is 14.8 Å². The molecule has 2 heterocycles. The van der Waals surface area contributed by atoms with Crippen molar-refractivity contribution in [3.8, 4) is 0 Å². The Morgan fingerprint density at radius 1 is 1.27 bits per heavy atom. The second-order valence-corrected chi connectivity index (χ2v) is 8.11. The van der Waals surface area contributed by atoms with Gasteiger partial charge in [0.05, 0.1) is 11.6 Å². The number of halogens is 1. The number of benzene rings is 1. The summed E-state index contributed by atoms with van der Waals surface area (Å²) in [5, 5.41) is 0.560. The fourth-order valence-electron chi connectivity index (χ4n) is 3.89. The van der Waals surface area contributed by atoms with Gasteiger partial charge >= 0.3 is 0 Å². The van der Waals surface area contributed by atoms with Crippen molar-refractivity contribution >= 4 is 22.4 Å².